The number of urea groups is 1. The fourth-order valence-electron chi connectivity index (χ4n) is 1.64. The van der Waals surface area contributed by atoms with Gasteiger partial charge in [-0.2, -0.15) is 0 Å². The summed E-state index contributed by atoms with van der Waals surface area (Å²) in [6.45, 7) is 5.20. The molecule has 3 N–H and O–H groups in total. The molecule has 0 aliphatic rings. The molecule has 0 spiro atoms. The van der Waals surface area contributed by atoms with Crippen molar-refractivity contribution >= 4 is 12.0 Å². The molecule has 0 bridgehead atoms. The highest BCUT2D eigenvalue weighted by atomic mass is 16.4. The van der Waals surface area contributed by atoms with E-state index in [1.165, 1.54) is 6.33 Å². The molecule has 0 aliphatic heterocycles. The zero-order valence-corrected chi connectivity index (χ0v) is 11.4. The fraction of sp³-hybridized carbons (Fsp3) is 0.636. The van der Waals surface area contributed by atoms with Crippen molar-refractivity contribution in [3.63, 3.8) is 0 Å². The molecule has 1 heterocycles. The highest BCUT2D eigenvalue weighted by molar-refractivity contribution is 5.82. The van der Waals surface area contributed by atoms with Crippen molar-refractivity contribution < 1.29 is 14.7 Å². The summed E-state index contributed by atoms with van der Waals surface area (Å²) in [5, 5.41) is 21.6. The number of hydrogen-bond acceptors (Lipinski definition) is 4. The Hall–Kier alpha value is -2.12. The molecule has 1 rings (SSSR count). The van der Waals surface area contributed by atoms with E-state index in [1.54, 1.807) is 32.4 Å². The number of nitrogens with zero attached hydrogens (tertiary/aromatic N) is 3. The Bertz CT molecular complexity index is 457. The van der Waals surface area contributed by atoms with E-state index in [0.29, 0.717) is 5.82 Å². The highest BCUT2D eigenvalue weighted by Gasteiger charge is 2.24. The normalized spacial score (nSPS) is 13.9. The molecule has 1 aromatic heterocycles. The number of rotatable bonds is 5. The predicted octanol–water partition coefficient (Wildman–Crippen LogP) is 0.285. The van der Waals surface area contributed by atoms with Gasteiger partial charge in [-0.15, -0.1) is 10.2 Å². The van der Waals surface area contributed by atoms with Gasteiger partial charge in [0.1, 0.15) is 12.4 Å². The summed E-state index contributed by atoms with van der Waals surface area (Å²) in [4.78, 5) is 22.7. The van der Waals surface area contributed by atoms with Crippen LogP contribution in [0.4, 0.5) is 4.79 Å². The highest BCUT2D eigenvalue weighted by Crippen LogP contribution is 2.07. The second kappa shape index (κ2) is 6.17. The molecule has 0 saturated carbocycles. The van der Waals surface area contributed by atoms with E-state index < -0.39 is 18.0 Å². The first-order chi connectivity index (χ1) is 8.82. The van der Waals surface area contributed by atoms with Crippen molar-refractivity contribution in [3.05, 3.63) is 12.2 Å². The Morgan fingerprint density at radius 3 is 2.37 bits per heavy atom. The van der Waals surface area contributed by atoms with Crippen LogP contribution in [0.1, 0.15) is 32.6 Å². The largest absolute Gasteiger partial charge is 0.480 e. The van der Waals surface area contributed by atoms with Crippen LogP contribution in [0.5, 0.6) is 0 Å². The summed E-state index contributed by atoms with van der Waals surface area (Å²) in [6, 6.07) is -1.84. The van der Waals surface area contributed by atoms with Crippen molar-refractivity contribution in [2.24, 2.45) is 13.0 Å². The van der Waals surface area contributed by atoms with Crippen LogP contribution < -0.4 is 10.6 Å². The van der Waals surface area contributed by atoms with Gasteiger partial charge in [0.15, 0.2) is 5.82 Å². The van der Waals surface area contributed by atoms with Gasteiger partial charge in [0.2, 0.25) is 0 Å². The lowest BCUT2D eigenvalue weighted by Gasteiger charge is -2.20. The van der Waals surface area contributed by atoms with Crippen LogP contribution in [0.25, 0.3) is 0 Å². The molecule has 0 fully saturated rings. The number of hydrogen-bond donors (Lipinski definition) is 3. The van der Waals surface area contributed by atoms with Crippen LogP contribution >= 0.6 is 0 Å². The number of amides is 2. The average molecular weight is 269 g/mol. The summed E-state index contributed by atoms with van der Waals surface area (Å²) < 4.78 is 1.68. The Morgan fingerprint density at radius 2 is 1.95 bits per heavy atom. The van der Waals surface area contributed by atoms with E-state index in [-0.39, 0.29) is 12.0 Å². The van der Waals surface area contributed by atoms with Gasteiger partial charge >= 0.3 is 12.0 Å². The minimum absolute atomic E-state index is 0.201. The molecular weight excluding hydrogens is 250 g/mol. The molecule has 2 atom stereocenters. The van der Waals surface area contributed by atoms with E-state index in [0.717, 1.165) is 0 Å². The second-order valence-electron chi connectivity index (χ2n) is 4.70. The molecule has 0 saturated heterocycles. The van der Waals surface area contributed by atoms with Gasteiger partial charge in [0, 0.05) is 7.05 Å². The number of carbonyl (C=O) groups excluding carboxylic acids is 1. The molecule has 106 valence electrons. The average Bonchev–Trinajstić information content (AvgIpc) is 2.71. The van der Waals surface area contributed by atoms with Crippen LogP contribution in [-0.4, -0.2) is 37.9 Å². The zero-order valence-electron chi connectivity index (χ0n) is 11.4. The van der Waals surface area contributed by atoms with Crippen LogP contribution in [0.2, 0.25) is 0 Å². The zero-order chi connectivity index (χ0) is 14.6. The van der Waals surface area contributed by atoms with E-state index in [2.05, 4.69) is 20.8 Å². The SMILES string of the molecule is CC(NC(=O)N[C@H](C(=O)O)C(C)C)c1nncn1C. The third-order valence-corrected chi connectivity index (χ3v) is 2.70. The van der Waals surface area contributed by atoms with E-state index >= 15 is 0 Å². The smallest absolute Gasteiger partial charge is 0.326 e. The maximum Gasteiger partial charge on any atom is 0.326 e. The topological polar surface area (TPSA) is 109 Å². The lowest BCUT2D eigenvalue weighted by atomic mass is 10.1. The van der Waals surface area contributed by atoms with Crippen molar-refractivity contribution in [2.75, 3.05) is 0 Å². The number of aryl methyl sites for hydroxylation is 1. The van der Waals surface area contributed by atoms with Crippen molar-refractivity contribution in [3.8, 4) is 0 Å². The summed E-state index contributed by atoms with van der Waals surface area (Å²) >= 11 is 0. The molecule has 0 aliphatic carbocycles. The van der Waals surface area contributed by atoms with Gasteiger partial charge in [-0.3, -0.25) is 0 Å². The second-order valence-corrected chi connectivity index (χ2v) is 4.70. The molecule has 0 aromatic carbocycles. The van der Waals surface area contributed by atoms with Gasteiger partial charge < -0.3 is 20.3 Å². The summed E-state index contributed by atoms with van der Waals surface area (Å²) in [5.74, 6) is -0.670. The number of nitrogens with one attached hydrogen (secondary N) is 2. The van der Waals surface area contributed by atoms with E-state index in [4.69, 9.17) is 5.11 Å². The number of aliphatic carboxylic acids is 1. The van der Waals surface area contributed by atoms with Gasteiger partial charge in [0.05, 0.1) is 6.04 Å². The maximum absolute atomic E-state index is 11.7. The predicted molar refractivity (Wildman–Crippen MR) is 67.3 cm³/mol. The van der Waals surface area contributed by atoms with Crippen molar-refractivity contribution in [2.45, 2.75) is 32.9 Å². The number of carbonyl (C=O) groups is 2. The van der Waals surface area contributed by atoms with Gasteiger partial charge in [-0.05, 0) is 12.8 Å². The molecule has 8 nitrogen and oxygen atoms in total. The van der Waals surface area contributed by atoms with Crippen LogP contribution in [0.15, 0.2) is 6.33 Å². The van der Waals surface area contributed by atoms with Crippen molar-refractivity contribution in [1.29, 1.82) is 0 Å². The molecule has 8 heteroatoms. The third kappa shape index (κ3) is 3.94. The lowest BCUT2D eigenvalue weighted by molar-refractivity contribution is -0.140. The molecule has 1 unspecified atom stereocenters. The number of aromatic nitrogens is 3. The fourth-order valence-corrected chi connectivity index (χ4v) is 1.64. The van der Waals surface area contributed by atoms with Crippen LogP contribution in [-0.2, 0) is 11.8 Å². The van der Waals surface area contributed by atoms with E-state index in [1.807, 2.05) is 0 Å². The minimum Gasteiger partial charge on any atom is -0.480 e. The maximum atomic E-state index is 11.7. The van der Waals surface area contributed by atoms with Gasteiger partial charge in [0.25, 0.3) is 0 Å². The Kier molecular flexibility index (Phi) is 4.85. The molecule has 19 heavy (non-hydrogen) atoms. The first-order valence-corrected chi connectivity index (χ1v) is 5.96. The summed E-state index contributed by atoms with van der Waals surface area (Å²) in [5.41, 5.74) is 0. The van der Waals surface area contributed by atoms with E-state index in [9.17, 15) is 9.59 Å². The van der Waals surface area contributed by atoms with Crippen LogP contribution in [0.3, 0.4) is 0 Å². The molecule has 2 amide bonds. The first kappa shape index (κ1) is 14.9. The Morgan fingerprint density at radius 1 is 1.32 bits per heavy atom. The Balaban J connectivity index is 2.60. The standard InChI is InChI=1S/C11H19N5O3/c1-6(2)8(10(17)18)14-11(19)13-7(3)9-15-12-5-16(9)4/h5-8H,1-4H3,(H,17,18)(H2,13,14,19)/t7?,8-/m0/s1. The summed E-state index contributed by atoms with van der Waals surface area (Å²) in [7, 11) is 1.76. The lowest BCUT2D eigenvalue weighted by Crippen LogP contribution is -2.49. The van der Waals surface area contributed by atoms with Crippen LogP contribution in [0, 0.1) is 5.92 Å². The quantitative estimate of drug-likeness (QED) is 0.711. The third-order valence-electron chi connectivity index (χ3n) is 2.70. The van der Waals surface area contributed by atoms with Gasteiger partial charge in [-0.1, -0.05) is 13.8 Å². The number of carboxylic acid groups (broad SMARTS) is 1. The number of carboxylic acids is 1. The molecule has 0 radical (unpaired) electrons. The minimum atomic E-state index is -1.06. The first-order valence-electron chi connectivity index (χ1n) is 5.96. The Labute approximate surface area is 111 Å². The van der Waals surface area contributed by atoms with Crippen molar-refractivity contribution in [1.82, 2.24) is 25.4 Å². The van der Waals surface area contributed by atoms with Gasteiger partial charge in [-0.25, -0.2) is 9.59 Å². The monoisotopic (exact) mass is 269 g/mol. The summed E-state index contributed by atoms with van der Waals surface area (Å²) in [6.07, 6.45) is 1.53. The molecular formula is C11H19N5O3. The molecule has 1 aromatic rings.